The van der Waals surface area contributed by atoms with Crippen LogP contribution in [0, 0.1) is 35.9 Å². The number of hydrogen-bond acceptors (Lipinski definition) is 6. The number of carbonyl (C=O) groups excluding carboxylic acids is 1. The van der Waals surface area contributed by atoms with Gasteiger partial charge in [0, 0.05) is 71.2 Å². The van der Waals surface area contributed by atoms with E-state index in [4.69, 9.17) is 32.9 Å². The number of amides is 1. The largest absolute Gasteiger partial charge is 0.433 e. The number of rotatable bonds is 9. The van der Waals surface area contributed by atoms with E-state index in [1.807, 2.05) is 17.9 Å². The number of pyridine rings is 2. The van der Waals surface area contributed by atoms with Crippen LogP contribution in [0.3, 0.4) is 0 Å². The van der Waals surface area contributed by atoms with E-state index < -0.39 is 29.8 Å². The van der Waals surface area contributed by atoms with Crippen molar-refractivity contribution in [1.29, 1.82) is 5.26 Å². The van der Waals surface area contributed by atoms with Crippen LogP contribution in [0.4, 0.5) is 17.6 Å². The second-order valence-electron chi connectivity index (χ2n) is 15.2. The summed E-state index contributed by atoms with van der Waals surface area (Å²) in [7, 11) is 0. The Labute approximate surface area is 324 Å². The van der Waals surface area contributed by atoms with Gasteiger partial charge in [-0.3, -0.25) is 4.79 Å². The van der Waals surface area contributed by atoms with Gasteiger partial charge in [0.15, 0.2) is 5.82 Å². The van der Waals surface area contributed by atoms with Crippen LogP contribution in [0.1, 0.15) is 72.5 Å². The maximum atomic E-state index is 17.2. The molecule has 2 aromatic carbocycles. The van der Waals surface area contributed by atoms with Crippen molar-refractivity contribution < 1.29 is 27.1 Å². The zero-order valence-corrected chi connectivity index (χ0v) is 31.3. The molecular formula is C41H36Cl2F4N6O2. The highest BCUT2D eigenvalue weighted by molar-refractivity contribution is 6.43. The number of fused-ring (bicyclic) bond motifs is 4. The summed E-state index contributed by atoms with van der Waals surface area (Å²) in [5.41, 5.74) is 2.97. The molecule has 1 N–H and O–H groups in total. The Kier molecular flexibility index (Phi) is 9.08. The number of hydrogen-bond donors (Lipinski definition) is 1. The number of aromatic nitrogens is 3. The smallest absolute Gasteiger partial charge is 0.370 e. The Bertz CT molecular complexity index is 2410. The molecule has 5 atom stereocenters. The summed E-state index contributed by atoms with van der Waals surface area (Å²) in [6, 6.07) is 14.8. The Morgan fingerprint density at radius 3 is 2.60 bits per heavy atom. The molecule has 0 radical (unpaired) electrons. The van der Waals surface area contributed by atoms with Gasteiger partial charge in [-0.1, -0.05) is 41.4 Å². The second-order valence-corrected chi connectivity index (χ2v) is 16.0. The standard InChI is InChI=1S/C41H36Cl2F4N6O2/c1-20-27-16-32(31-15-25(18-52(31)40(54)21-10-11-21)55-19-24-6-2-9-33(51-24)41(45,46)47)53(38-23-14-30(38)49-17-23)39(27)28-13-22(5-4-12-48)34(36(44)37(28)50-20)26-7-3-8-29(42)35(26)43/h2-3,6-9,13,16,21,23,25,30-31,38,49H,4-5,10-11,14-15,17-19H2,1H3. The van der Waals surface area contributed by atoms with Gasteiger partial charge in [-0.05, 0) is 74.4 Å². The third-order valence-electron chi connectivity index (χ3n) is 11.8. The third-order valence-corrected chi connectivity index (χ3v) is 12.6. The topological polar surface area (TPSA) is 96.1 Å². The molecule has 2 aliphatic carbocycles. The minimum Gasteiger partial charge on any atom is -0.370 e. The molecule has 10 rings (SSSR count). The van der Waals surface area contributed by atoms with Crippen molar-refractivity contribution in [3.63, 3.8) is 0 Å². The van der Waals surface area contributed by atoms with Crippen molar-refractivity contribution >= 4 is 50.9 Å². The van der Waals surface area contributed by atoms with E-state index >= 15 is 4.39 Å². The Morgan fingerprint density at radius 2 is 1.89 bits per heavy atom. The Balaban J connectivity index is 1.19. The van der Waals surface area contributed by atoms with Crippen molar-refractivity contribution in [2.24, 2.45) is 11.8 Å². The molecular weight excluding hydrogens is 755 g/mol. The van der Waals surface area contributed by atoms with Gasteiger partial charge in [-0.2, -0.15) is 18.4 Å². The molecule has 3 aliphatic heterocycles. The molecule has 6 heterocycles. The lowest BCUT2D eigenvalue weighted by Crippen LogP contribution is -2.41. The zero-order chi connectivity index (χ0) is 38.3. The van der Waals surface area contributed by atoms with Crippen LogP contribution in [-0.2, 0) is 28.7 Å². The number of carbonyl (C=O) groups is 1. The molecule has 55 heavy (non-hydrogen) atoms. The third kappa shape index (κ3) is 6.24. The molecule has 3 saturated heterocycles. The predicted octanol–water partition coefficient (Wildman–Crippen LogP) is 9.28. The first-order valence-corrected chi connectivity index (χ1v) is 19.3. The van der Waals surface area contributed by atoms with E-state index in [1.165, 1.54) is 12.1 Å². The highest BCUT2D eigenvalue weighted by Crippen LogP contribution is 2.51. The summed E-state index contributed by atoms with van der Waals surface area (Å²) in [6.07, 6.45) is -1.58. The number of alkyl halides is 3. The van der Waals surface area contributed by atoms with Gasteiger partial charge in [-0.15, -0.1) is 0 Å². The maximum absolute atomic E-state index is 17.2. The first kappa shape index (κ1) is 36.4. The van der Waals surface area contributed by atoms with Gasteiger partial charge in [0.25, 0.3) is 0 Å². The first-order chi connectivity index (χ1) is 26.4. The van der Waals surface area contributed by atoms with Crippen LogP contribution in [-0.4, -0.2) is 50.6 Å². The van der Waals surface area contributed by atoms with Crippen LogP contribution in [0.5, 0.6) is 0 Å². The Morgan fingerprint density at radius 1 is 1.09 bits per heavy atom. The van der Waals surface area contributed by atoms with Crippen molar-refractivity contribution in [2.45, 2.75) is 82.5 Å². The number of halogens is 6. The lowest BCUT2D eigenvalue weighted by Gasteiger charge is -2.39. The van der Waals surface area contributed by atoms with Gasteiger partial charge in [0.2, 0.25) is 5.91 Å². The molecule has 5 fully saturated rings. The normalized spacial score (nSPS) is 23.5. The van der Waals surface area contributed by atoms with Gasteiger partial charge in [-0.25, -0.2) is 14.4 Å². The fourth-order valence-corrected chi connectivity index (χ4v) is 9.42. The zero-order valence-electron chi connectivity index (χ0n) is 29.8. The van der Waals surface area contributed by atoms with E-state index in [0.717, 1.165) is 48.5 Å². The maximum Gasteiger partial charge on any atom is 0.433 e. The number of aryl methyl sites for hydroxylation is 2. The van der Waals surface area contributed by atoms with E-state index in [9.17, 15) is 23.2 Å². The highest BCUT2D eigenvalue weighted by Gasteiger charge is 2.51. The van der Waals surface area contributed by atoms with Crippen LogP contribution in [0.2, 0.25) is 10.0 Å². The van der Waals surface area contributed by atoms with Crippen LogP contribution in [0.25, 0.3) is 32.9 Å². The van der Waals surface area contributed by atoms with Gasteiger partial charge >= 0.3 is 6.18 Å². The lowest BCUT2D eigenvalue weighted by atomic mass is 9.79. The molecule has 3 aromatic heterocycles. The average Bonchev–Trinajstić information content (AvgIpc) is 3.45. The van der Waals surface area contributed by atoms with Crippen molar-refractivity contribution in [3.8, 4) is 17.2 Å². The van der Waals surface area contributed by atoms with Crippen LogP contribution in [0.15, 0.2) is 48.5 Å². The predicted molar refractivity (Wildman–Crippen MR) is 200 cm³/mol. The number of nitrogens with zero attached hydrogens (tertiary/aromatic N) is 5. The fourth-order valence-electron chi connectivity index (χ4n) is 9.03. The SMILES string of the molecule is Cc1nc2c(F)c(-c3cccc(Cl)c3Cl)c(CCC#N)cc2c2c1cc(C1CC(OCc3cccc(C(F)(F)F)n3)CN1C(=O)C1CC1)n2C1C2CNC1C2. The minimum absolute atomic E-state index is 0.0346. The highest BCUT2D eigenvalue weighted by atomic mass is 35.5. The molecule has 1 amide bonds. The van der Waals surface area contributed by atoms with Gasteiger partial charge in [0.1, 0.15) is 11.2 Å². The first-order valence-electron chi connectivity index (χ1n) is 18.6. The lowest BCUT2D eigenvalue weighted by molar-refractivity contribution is -0.141. The molecule has 2 bridgehead atoms. The summed E-state index contributed by atoms with van der Waals surface area (Å²) in [5, 5.41) is 15.2. The van der Waals surface area contributed by atoms with Crippen LogP contribution >= 0.6 is 23.2 Å². The van der Waals surface area contributed by atoms with E-state index in [1.54, 1.807) is 18.2 Å². The molecule has 5 aliphatic rings. The van der Waals surface area contributed by atoms with Crippen LogP contribution < -0.4 is 5.32 Å². The van der Waals surface area contributed by atoms with Crippen molar-refractivity contribution in [2.75, 3.05) is 13.1 Å². The summed E-state index contributed by atoms with van der Waals surface area (Å²) < 4.78 is 65.9. The van der Waals surface area contributed by atoms with Gasteiger partial charge in [0.05, 0.1) is 52.1 Å². The molecule has 5 aromatic rings. The van der Waals surface area contributed by atoms with E-state index in [2.05, 4.69) is 27.0 Å². The van der Waals surface area contributed by atoms with E-state index in [0.29, 0.717) is 34.5 Å². The average molecular weight is 792 g/mol. The molecule has 0 spiro atoms. The van der Waals surface area contributed by atoms with E-state index in [-0.39, 0.29) is 76.7 Å². The number of likely N-dealkylation sites (tertiary alicyclic amines) is 1. The quantitative estimate of drug-likeness (QED) is 0.150. The molecule has 5 unspecified atom stereocenters. The number of nitrogens with one attached hydrogen (secondary N) is 1. The second kappa shape index (κ2) is 13.7. The minimum atomic E-state index is -4.58. The number of ether oxygens (including phenoxy) is 1. The monoisotopic (exact) mass is 790 g/mol. The molecule has 8 nitrogen and oxygen atoms in total. The van der Waals surface area contributed by atoms with Crippen molar-refractivity contribution in [1.82, 2.24) is 24.8 Å². The molecule has 2 saturated carbocycles. The molecule has 14 heteroatoms. The number of nitriles is 1. The summed E-state index contributed by atoms with van der Waals surface area (Å²) in [4.78, 5) is 24.5. The fraction of sp³-hybridized carbons (Fsp3) is 0.415. The molecule has 284 valence electrons. The summed E-state index contributed by atoms with van der Waals surface area (Å²) in [5.74, 6) is -0.272. The van der Waals surface area contributed by atoms with Gasteiger partial charge < -0.3 is 19.5 Å². The van der Waals surface area contributed by atoms with Crippen molar-refractivity contribution in [3.05, 3.63) is 92.7 Å². The summed E-state index contributed by atoms with van der Waals surface area (Å²) in [6.45, 7) is 2.84. The number of benzene rings is 2. The summed E-state index contributed by atoms with van der Waals surface area (Å²) >= 11 is 13.1. The Hall–Kier alpha value is -4.28.